The fourth-order valence-electron chi connectivity index (χ4n) is 9.57. The van der Waals surface area contributed by atoms with Crippen LogP contribution in [0.5, 0.6) is 57.5 Å². The molecule has 0 aliphatic carbocycles. The lowest BCUT2D eigenvalue weighted by molar-refractivity contribution is -0.385. The zero-order valence-corrected chi connectivity index (χ0v) is 81.9. The van der Waals surface area contributed by atoms with E-state index in [1.54, 1.807) is 12.3 Å². The first kappa shape index (κ1) is 119. The van der Waals surface area contributed by atoms with E-state index in [0.29, 0.717) is 29.9 Å². The normalized spacial score (nSPS) is 11.5. The van der Waals surface area contributed by atoms with Crippen LogP contribution in [0, 0.1) is 20.2 Å². The van der Waals surface area contributed by atoms with Crippen LogP contribution in [-0.2, 0) is 48.0 Å². The molecule has 136 heavy (non-hydrogen) atoms. The number of aromatic hydroxyl groups is 2. The number of aromatic carboxylic acids is 1. The molecule has 5 aromatic heterocycles. The van der Waals surface area contributed by atoms with Gasteiger partial charge in [-0.2, -0.15) is 99.4 Å². The van der Waals surface area contributed by atoms with Crippen molar-refractivity contribution in [2.45, 2.75) is 169 Å². The molecule has 0 bridgehead atoms. The van der Waals surface area contributed by atoms with Crippen LogP contribution in [0.15, 0.2) is 155 Å². The van der Waals surface area contributed by atoms with Crippen LogP contribution in [-0.4, -0.2) is 190 Å². The monoisotopic (exact) mass is 2230 g/mol. The number of aromatic nitrogens is 9. The Bertz CT molecular complexity index is 5320. The topological polar surface area (TPSA) is 411 Å². The zero-order valence-electron chi connectivity index (χ0n) is 73.2. The number of alkyl halides is 19. The molecule has 0 aliphatic heterocycles. The summed E-state index contributed by atoms with van der Waals surface area (Å²) in [7, 11) is -8.07. The average Bonchev–Trinajstić information content (AvgIpc) is 1.77. The van der Waals surface area contributed by atoms with Crippen LogP contribution >= 0.6 is 55.4 Å². The van der Waals surface area contributed by atoms with Crippen molar-refractivity contribution < 1.29 is 175 Å². The lowest BCUT2D eigenvalue weighted by atomic mass is 10.1. The molecule has 756 valence electrons. The number of carboxylic acid groups (broad SMARTS) is 1. The first-order valence-electron chi connectivity index (χ1n) is 38.7. The first-order valence-corrected chi connectivity index (χ1v) is 53.7. The van der Waals surface area contributed by atoms with E-state index in [1.165, 1.54) is 101 Å². The number of hydrogen-bond donors (Lipinski definition) is 4. The minimum absolute atomic E-state index is 0.00574. The largest absolute Gasteiger partial charge is 0.508 e. The van der Waals surface area contributed by atoms with Gasteiger partial charge in [-0.3, -0.25) is 24.8 Å². The van der Waals surface area contributed by atoms with Gasteiger partial charge in [0.25, 0.3) is 0 Å². The standard InChI is InChI=1S/C17H21F4N3O5Si.C17H23F4N3O3Si.C9H17N3O3Si.C8H5BrF4O2.C7H5BrF2O2.C7H6F2O2.C7H5N3O2.C5H10BrF2O3P/c1-30(2,3)7-6-27-10-23-15(13(9-22-23)24(25)26)12-8-11(28-16(18)19)4-5-14(12)29-17(20)21;1-28(2,3)7-6-25-10-24-15(13(22)9-23-24)12-8-11(26-16(18)19)4-5-14(12)27-17(20)21;1-16(2,3)5-4-15-8-11-7-9(6-10-11)12(13)14;9-5-3-4(14-7(10)11)1-2-6(5)15-8(12)13;8-5-3-4(12-7(9)10)1-2-6(5)11;8-7(9)11-6-3-1-5(10)2-4-6;11-7(12)5-4-9-10-3-1-2-8-6(5)10;1-3-10-12(9,11-4-2)5(6,7)8/h4-5,8-9,16-17H,6-7,10H2,1-3H3;4-5,8-9,16-17H,6-7,10,22H2,1-3H3;6-7H,4-5,8H2,1-3H3;1-3,7-8H;1-3,7,11H;1-4,7,10H;1-4H,(H,11,12);3-4H2,1-2H3. The van der Waals surface area contributed by atoms with E-state index in [1.807, 2.05) is 15.9 Å². The molecule has 10 aromatic rings. The summed E-state index contributed by atoms with van der Waals surface area (Å²) in [6.45, 7) is 0.0769. The Hall–Kier alpha value is -10.7. The smallest absolute Gasteiger partial charge is 0.410 e. The second-order valence-corrected chi connectivity index (χ2v) is 52.0. The molecular formula is C77H92Br3F18N12O22PSi3. The average molecular weight is 2230 g/mol. The van der Waals surface area contributed by atoms with Gasteiger partial charge >= 0.3 is 82.4 Å². The highest BCUT2D eigenvalue weighted by Gasteiger charge is 2.51. The summed E-state index contributed by atoms with van der Waals surface area (Å²) in [5, 5.41) is 63.9. The van der Waals surface area contributed by atoms with Crippen molar-refractivity contribution >= 4 is 108 Å². The zero-order chi connectivity index (χ0) is 103. The van der Waals surface area contributed by atoms with E-state index < -0.39 is 117 Å². The summed E-state index contributed by atoms with van der Waals surface area (Å²) in [5.74, 6) is -2.56. The maximum absolute atomic E-state index is 12.8. The number of anilines is 1. The number of ether oxygens (including phenoxy) is 11. The Morgan fingerprint density at radius 2 is 0.897 bits per heavy atom. The molecule has 34 nitrogen and oxygen atoms in total. The van der Waals surface area contributed by atoms with Gasteiger partial charge in [0.05, 0.1) is 61.3 Å². The Morgan fingerprint density at radius 3 is 1.29 bits per heavy atom. The Morgan fingerprint density at radius 1 is 0.507 bits per heavy atom. The second-order valence-electron chi connectivity index (χ2n) is 29.7. The molecule has 0 aliphatic rings. The highest BCUT2D eigenvalue weighted by atomic mass is 79.9. The number of carbonyl (C=O) groups is 1. The second kappa shape index (κ2) is 58.1. The maximum atomic E-state index is 12.8. The van der Waals surface area contributed by atoms with Crippen LogP contribution in [0.3, 0.4) is 0 Å². The van der Waals surface area contributed by atoms with Crippen LogP contribution in [0.4, 0.5) is 96.1 Å². The van der Waals surface area contributed by atoms with Crippen molar-refractivity contribution in [3.8, 4) is 80.0 Å². The van der Waals surface area contributed by atoms with Crippen molar-refractivity contribution in [3.05, 3.63) is 181 Å². The number of hydrogen-bond acceptors (Lipinski definition) is 27. The minimum atomic E-state index is -4.32. The molecule has 5 aromatic carbocycles. The van der Waals surface area contributed by atoms with Crippen molar-refractivity contribution in [1.29, 1.82) is 0 Å². The number of nitrogens with zero attached hydrogens (tertiary/aromatic N) is 11. The van der Waals surface area contributed by atoms with E-state index in [9.17, 15) is 109 Å². The predicted molar refractivity (Wildman–Crippen MR) is 473 cm³/mol. The van der Waals surface area contributed by atoms with E-state index >= 15 is 0 Å². The van der Waals surface area contributed by atoms with Gasteiger partial charge in [0.15, 0.2) is 11.3 Å². The van der Waals surface area contributed by atoms with E-state index in [-0.39, 0.29) is 129 Å². The van der Waals surface area contributed by atoms with E-state index in [0.717, 1.165) is 83.6 Å². The number of nitro groups is 2. The van der Waals surface area contributed by atoms with Crippen molar-refractivity contribution in [2.24, 2.45) is 0 Å². The molecule has 0 spiro atoms. The van der Waals surface area contributed by atoms with E-state index in [4.69, 9.17) is 35.3 Å². The SMILES string of the molecule is CCOP(=O)(OCC)C(F)(F)Br.C[Si](C)(C)CCOCn1cc([N+](=O)[O-])cn1.C[Si](C)(C)CCOCn1ncc(N)c1-c1cc(OC(F)F)ccc1OC(F)F.C[Si](C)(C)CCOCn1ncc([N+](=O)[O-])c1-c1cc(OC(F)F)ccc1OC(F)F.FC(F)Oc1ccc(OC(F)F)c(Br)c1.O=C(O)c1cnn2cccnc12.Oc1ccc(OC(F)F)cc1.Oc1ccc(OC(F)F)cc1Br. The van der Waals surface area contributed by atoms with Gasteiger partial charge < -0.3 is 82.2 Å². The number of fused-ring (bicyclic) bond motifs is 1. The highest BCUT2D eigenvalue weighted by Crippen LogP contribution is 2.65. The summed E-state index contributed by atoms with van der Waals surface area (Å²) in [5.41, 5.74) is 5.80. The number of phenolic OH excluding ortho intramolecular Hbond substituents is 2. The molecule has 0 saturated heterocycles. The predicted octanol–water partition coefficient (Wildman–Crippen LogP) is 23.8. The minimum Gasteiger partial charge on any atom is -0.508 e. The summed E-state index contributed by atoms with van der Waals surface area (Å²) in [6.07, 6.45) is 9.30. The summed E-state index contributed by atoms with van der Waals surface area (Å²) >= 11 is 7.80. The molecule has 5 N–H and O–H groups in total. The quantitative estimate of drug-likeness (QED) is 0.00526. The Labute approximate surface area is 791 Å². The van der Waals surface area contributed by atoms with Crippen LogP contribution in [0.1, 0.15) is 24.2 Å². The van der Waals surface area contributed by atoms with Gasteiger partial charge in [-0.25, -0.2) is 28.3 Å². The summed E-state index contributed by atoms with van der Waals surface area (Å²) in [4.78, 5) is 35.1. The fraction of sp³-hybridized carbons (Fsp3) is 0.403. The van der Waals surface area contributed by atoms with Gasteiger partial charge in [0.1, 0.15) is 102 Å². The molecular weight excluding hydrogens is 2140 g/mol. The summed E-state index contributed by atoms with van der Waals surface area (Å²) in [6, 6.07) is 23.0. The number of nitrogen functional groups attached to an aromatic ring is 1. The van der Waals surface area contributed by atoms with Gasteiger partial charge in [0.2, 0.25) is 0 Å². The van der Waals surface area contributed by atoms with E-state index in [2.05, 4.69) is 163 Å². The number of carboxylic acids is 1. The first-order chi connectivity index (χ1) is 63.3. The molecule has 0 amide bonds. The number of rotatable bonds is 41. The lowest BCUT2D eigenvalue weighted by Crippen LogP contribution is -2.22. The third-order valence-corrected chi connectivity index (χ3v) is 25.1. The molecule has 10 rings (SSSR count). The molecule has 0 saturated carbocycles. The summed E-state index contributed by atoms with van der Waals surface area (Å²) < 4.78 is 292. The van der Waals surface area contributed by atoms with Gasteiger partial charge in [-0.15, -0.1) is 0 Å². The molecule has 59 heteroatoms. The van der Waals surface area contributed by atoms with Crippen LogP contribution in [0.2, 0.25) is 77.1 Å². The third-order valence-electron chi connectivity index (χ3n) is 15.6. The molecule has 0 radical (unpaired) electrons. The number of benzene rings is 5. The molecule has 0 atom stereocenters. The maximum Gasteiger partial charge on any atom is 0.410 e. The van der Waals surface area contributed by atoms with Crippen LogP contribution < -0.4 is 43.6 Å². The number of nitrogens with two attached hydrogens (primary N) is 1. The van der Waals surface area contributed by atoms with Gasteiger partial charge in [-0.1, -0.05) is 58.9 Å². The molecule has 0 unspecified atom stereocenters. The fourth-order valence-corrected chi connectivity index (χ4v) is 14.3. The van der Waals surface area contributed by atoms with Crippen LogP contribution in [0.25, 0.3) is 28.2 Å². The molecule has 0 fully saturated rings. The van der Waals surface area contributed by atoms with Crippen molar-refractivity contribution in [2.75, 3.05) is 38.8 Å². The Balaban J connectivity index is 0.000000413. The third kappa shape index (κ3) is 46.4. The van der Waals surface area contributed by atoms with Crippen molar-refractivity contribution in [1.82, 2.24) is 43.9 Å². The number of phenols is 2. The van der Waals surface area contributed by atoms with Crippen molar-refractivity contribution in [3.63, 3.8) is 0 Å². The lowest BCUT2D eigenvalue weighted by Gasteiger charge is -2.20. The molecule has 5 heterocycles. The Kier molecular flexibility index (Phi) is 51.0. The van der Waals surface area contributed by atoms with Gasteiger partial charge in [0, 0.05) is 77.9 Å². The number of halogens is 21. The van der Waals surface area contributed by atoms with Gasteiger partial charge in [-0.05, 0) is 167 Å². The highest BCUT2D eigenvalue weighted by molar-refractivity contribution is 9.11.